The number of sulfonamides is 1. The number of piperazine rings is 1. The molecule has 5 atom stereocenters. The predicted molar refractivity (Wildman–Crippen MR) is 236 cm³/mol. The first-order valence-corrected chi connectivity index (χ1v) is 24.6. The molecule has 5 heterocycles. The Labute approximate surface area is 366 Å². The summed E-state index contributed by atoms with van der Waals surface area (Å²) >= 11 is 8.53. The van der Waals surface area contributed by atoms with Crippen LogP contribution in [0.4, 0.5) is 5.82 Å². The smallest absolute Gasteiger partial charge is 0.283 e. The van der Waals surface area contributed by atoms with Crippen molar-refractivity contribution in [1.29, 1.82) is 0 Å². The molecule has 0 unspecified atom stereocenters. The molecule has 17 heteroatoms. The number of anilines is 1. The van der Waals surface area contributed by atoms with E-state index in [-0.39, 0.29) is 47.7 Å². The van der Waals surface area contributed by atoms with Crippen molar-refractivity contribution in [2.24, 2.45) is 17.8 Å². The Morgan fingerprint density at radius 1 is 1.10 bits per heavy atom. The summed E-state index contributed by atoms with van der Waals surface area (Å²) in [5.41, 5.74) is 2.08. The molecule has 3 aliphatic heterocycles. The second kappa shape index (κ2) is 20.6. The van der Waals surface area contributed by atoms with E-state index in [9.17, 15) is 18.0 Å². The number of carbonyl (C=O) groups is 2. The van der Waals surface area contributed by atoms with Crippen LogP contribution in [-0.4, -0.2) is 110 Å². The van der Waals surface area contributed by atoms with Gasteiger partial charge in [-0.3, -0.25) is 14.5 Å². The molecule has 1 aromatic carbocycles. The molecule has 1 spiro atoms. The van der Waals surface area contributed by atoms with Crippen molar-refractivity contribution in [3.63, 3.8) is 0 Å². The van der Waals surface area contributed by atoms with Gasteiger partial charge in [-0.1, -0.05) is 58.4 Å². The van der Waals surface area contributed by atoms with E-state index < -0.39 is 21.2 Å². The molecule has 0 radical (unpaired) electrons. The van der Waals surface area contributed by atoms with Crippen molar-refractivity contribution in [3.05, 3.63) is 76.0 Å². The maximum Gasteiger partial charge on any atom is 0.283 e. The number of halogens is 2. The van der Waals surface area contributed by atoms with Crippen LogP contribution in [0.2, 0.25) is 5.02 Å². The normalized spacial score (nSPS) is 27.2. The van der Waals surface area contributed by atoms with Crippen molar-refractivity contribution in [1.82, 2.24) is 30.1 Å². The molecule has 322 valence electrons. The van der Waals surface area contributed by atoms with Gasteiger partial charge in [0.05, 0.1) is 18.4 Å². The largest absolute Gasteiger partial charge is 0.489 e. The summed E-state index contributed by atoms with van der Waals surface area (Å²) in [5.74, 6) is 1.43. The van der Waals surface area contributed by atoms with Gasteiger partial charge >= 0.3 is 0 Å². The average molecular weight is 966 g/mol. The Balaban J connectivity index is 0.000000328. The number of nitrogens with zero attached hydrogens (tertiary/aromatic N) is 5. The van der Waals surface area contributed by atoms with Gasteiger partial charge in [0, 0.05) is 76.3 Å². The number of ether oxygens (including phenoxy) is 2. The monoisotopic (exact) mass is 965 g/mol. The van der Waals surface area contributed by atoms with Crippen LogP contribution in [0.5, 0.6) is 5.75 Å². The minimum atomic E-state index is -4.09. The number of carbonyl (C=O) groups excluding carboxylic acids is 2. The SMILES string of the molecule is CI.COCC[C@@H]1[C@@H](C)C/C=C/C(=O)[C@@H]2CC[C@H]2CN2C[C@@]3(CCCc4cc(Cl)ccc43)COc3ccc(nc32)C(=O)NS1(=O)=O.Cc1nc(CN2CCNCC2)no1. The molecule has 1 saturated heterocycles. The number of alkyl halides is 1. The molecule has 1 saturated carbocycles. The zero-order valence-corrected chi connectivity index (χ0v) is 38.2. The number of aromatic nitrogens is 3. The van der Waals surface area contributed by atoms with E-state index in [2.05, 4.69) is 58.6 Å². The van der Waals surface area contributed by atoms with Crippen LogP contribution in [0, 0.1) is 24.7 Å². The van der Waals surface area contributed by atoms with E-state index in [0.717, 1.165) is 70.7 Å². The molecule has 5 aliphatic rings. The molecule has 2 aromatic heterocycles. The summed E-state index contributed by atoms with van der Waals surface area (Å²) in [7, 11) is -2.58. The molecular formula is C42H57ClIN7O7S. The van der Waals surface area contributed by atoms with Crippen molar-refractivity contribution in [2.45, 2.75) is 76.0 Å². The molecule has 3 aromatic rings. The van der Waals surface area contributed by atoms with E-state index in [1.807, 2.05) is 30.9 Å². The Morgan fingerprint density at radius 3 is 2.61 bits per heavy atom. The minimum Gasteiger partial charge on any atom is -0.489 e. The van der Waals surface area contributed by atoms with Crippen molar-refractivity contribution >= 4 is 61.7 Å². The minimum absolute atomic E-state index is 0.000860. The third-order valence-corrected chi connectivity index (χ3v) is 14.4. The number of fused-ring (bicyclic) bond motifs is 4. The summed E-state index contributed by atoms with van der Waals surface area (Å²) in [5, 5.41) is 6.98. The molecule has 1 amide bonds. The lowest BCUT2D eigenvalue weighted by Crippen LogP contribution is -2.49. The zero-order valence-electron chi connectivity index (χ0n) is 34.4. The number of allylic oxidation sites excluding steroid dienone is 2. The summed E-state index contributed by atoms with van der Waals surface area (Å²) in [6.07, 6.45) is 8.57. The quantitative estimate of drug-likeness (QED) is 0.236. The van der Waals surface area contributed by atoms with Crippen LogP contribution in [0.3, 0.4) is 0 Å². The fourth-order valence-electron chi connectivity index (χ4n) is 8.94. The van der Waals surface area contributed by atoms with E-state index >= 15 is 0 Å². The second-order valence-electron chi connectivity index (χ2n) is 16.1. The van der Waals surface area contributed by atoms with Crippen LogP contribution in [0.1, 0.15) is 78.8 Å². The average Bonchev–Trinajstić information content (AvgIpc) is 3.55. The van der Waals surface area contributed by atoms with Crippen LogP contribution in [0.25, 0.3) is 0 Å². The van der Waals surface area contributed by atoms with Crippen LogP contribution in [0.15, 0.2) is 47.0 Å². The maximum absolute atomic E-state index is 13.5. The van der Waals surface area contributed by atoms with Gasteiger partial charge in [0.2, 0.25) is 15.9 Å². The topological polar surface area (TPSA) is 169 Å². The number of rotatable bonds is 5. The van der Waals surface area contributed by atoms with Gasteiger partial charge < -0.3 is 24.2 Å². The number of nitrogens with one attached hydrogen (secondary N) is 2. The number of methoxy groups -OCH3 is 1. The Bertz CT molecular complexity index is 2060. The number of pyridine rings is 1. The lowest BCUT2D eigenvalue weighted by Gasteiger charge is -2.43. The number of aryl methyl sites for hydroxylation is 2. The molecular weight excluding hydrogens is 909 g/mol. The van der Waals surface area contributed by atoms with Crippen LogP contribution < -0.4 is 19.7 Å². The Kier molecular flexibility index (Phi) is 15.8. The predicted octanol–water partition coefficient (Wildman–Crippen LogP) is 5.70. The molecule has 2 fully saturated rings. The highest BCUT2D eigenvalue weighted by molar-refractivity contribution is 14.1. The van der Waals surface area contributed by atoms with Gasteiger partial charge in [0.25, 0.3) is 5.91 Å². The number of amides is 1. The molecule has 8 rings (SSSR count). The highest BCUT2D eigenvalue weighted by atomic mass is 127. The van der Waals surface area contributed by atoms with Crippen LogP contribution >= 0.6 is 34.2 Å². The van der Waals surface area contributed by atoms with Gasteiger partial charge in [-0.15, -0.1) is 0 Å². The number of hydrogen-bond acceptors (Lipinski definition) is 13. The van der Waals surface area contributed by atoms with Gasteiger partial charge in [-0.25, -0.2) is 18.1 Å². The van der Waals surface area contributed by atoms with E-state index in [0.29, 0.717) is 48.6 Å². The molecule has 2 N–H and O–H groups in total. The first-order chi connectivity index (χ1) is 28.4. The lowest BCUT2D eigenvalue weighted by molar-refractivity contribution is -0.122. The van der Waals surface area contributed by atoms with Gasteiger partial charge in [-0.2, -0.15) is 4.98 Å². The highest BCUT2D eigenvalue weighted by Crippen LogP contribution is 2.45. The third kappa shape index (κ3) is 11.0. The fraction of sp³-hybridized carbons (Fsp3) is 0.595. The standard InChI is InChI=1S/C33H40ClN3O6S.C8H14N4O.CH3I/c1-21-5-3-7-28(38)25-10-8-23(25)18-37-19-33(15-4-6-22-17-24(34)9-11-26(22)33)20-43-29-13-12-27(35-31(29)37)32(39)36-44(40,41)30(21)14-16-42-2;1-7-10-8(11-13-7)6-12-4-2-9-3-5-12;1-2/h3,7,9,11-13,17,21,23,25,30H,4-6,8,10,14-16,18-20H2,1-2H3,(H,36,39);9H,2-6H2,1H3;1H3/b7-3+;;/t21-,23-,25+,30+,33-;;/m0../s1. The lowest BCUT2D eigenvalue weighted by atomic mass is 9.69. The van der Waals surface area contributed by atoms with E-state index in [1.54, 1.807) is 18.2 Å². The maximum atomic E-state index is 13.5. The van der Waals surface area contributed by atoms with Crippen molar-refractivity contribution in [2.75, 3.05) is 69.4 Å². The third-order valence-electron chi connectivity index (χ3n) is 12.2. The summed E-state index contributed by atoms with van der Waals surface area (Å²) in [6.45, 7) is 10.5. The van der Waals surface area contributed by atoms with Crippen LogP contribution in [-0.2, 0) is 37.9 Å². The number of ketones is 1. The highest BCUT2D eigenvalue weighted by Gasteiger charge is 2.45. The van der Waals surface area contributed by atoms with Gasteiger partial charge in [-0.05, 0) is 103 Å². The Hall–Kier alpha value is -3.16. The second-order valence-corrected chi connectivity index (χ2v) is 18.5. The van der Waals surface area contributed by atoms with Crippen molar-refractivity contribution in [3.8, 4) is 5.75 Å². The molecule has 2 bridgehead atoms. The van der Waals surface area contributed by atoms with E-state index in [1.165, 1.54) is 24.3 Å². The van der Waals surface area contributed by atoms with Crippen molar-refractivity contribution < 1.29 is 32.0 Å². The summed E-state index contributed by atoms with van der Waals surface area (Å²) < 4.78 is 45.9. The fourth-order valence-corrected chi connectivity index (χ4v) is 10.8. The zero-order chi connectivity index (χ0) is 42.2. The van der Waals surface area contributed by atoms with Gasteiger partial charge in [0.15, 0.2) is 23.2 Å². The summed E-state index contributed by atoms with van der Waals surface area (Å²) in [6, 6.07) is 9.30. The first-order valence-electron chi connectivity index (χ1n) is 20.5. The van der Waals surface area contributed by atoms with E-state index in [4.69, 9.17) is 30.6 Å². The first kappa shape index (κ1) is 45.4. The Morgan fingerprint density at radius 2 is 1.90 bits per heavy atom. The number of benzene rings is 1. The molecule has 2 aliphatic carbocycles. The summed E-state index contributed by atoms with van der Waals surface area (Å²) in [4.78, 5) is 42.2. The number of hydrogen-bond donors (Lipinski definition) is 2. The van der Waals surface area contributed by atoms with Gasteiger partial charge in [0.1, 0.15) is 5.69 Å². The molecule has 14 nitrogen and oxygen atoms in total. The molecule has 59 heavy (non-hydrogen) atoms.